The van der Waals surface area contributed by atoms with Crippen molar-refractivity contribution < 1.29 is 32.6 Å². The molecule has 0 bridgehead atoms. The van der Waals surface area contributed by atoms with Crippen LogP contribution in [0.25, 0.3) is 11.1 Å². The van der Waals surface area contributed by atoms with Gasteiger partial charge >= 0.3 is 12.1 Å². The first-order valence-corrected chi connectivity index (χ1v) is 10.5. The summed E-state index contributed by atoms with van der Waals surface area (Å²) in [5.41, 5.74) is -4.34. The van der Waals surface area contributed by atoms with Crippen LogP contribution in [0.2, 0.25) is 5.02 Å². The molecule has 2 atom stereocenters. The minimum Gasteiger partial charge on any atom is -0.478 e. The summed E-state index contributed by atoms with van der Waals surface area (Å²) in [4.78, 5) is 23.1. The lowest BCUT2D eigenvalue weighted by Gasteiger charge is -2.37. The Labute approximate surface area is 196 Å². The summed E-state index contributed by atoms with van der Waals surface area (Å²) in [5.74, 6) is -3.99. The van der Waals surface area contributed by atoms with Crippen molar-refractivity contribution in [3.8, 4) is 11.1 Å². The van der Waals surface area contributed by atoms with Crippen LogP contribution in [-0.2, 0) is 12.1 Å². The van der Waals surface area contributed by atoms with Gasteiger partial charge in [0.25, 0.3) is 5.56 Å². The molecule has 3 rings (SSSR count). The molecule has 0 saturated carbocycles. The molecule has 2 aromatic carbocycles. The molecule has 0 aliphatic rings. The van der Waals surface area contributed by atoms with Crippen molar-refractivity contribution in [1.29, 1.82) is 0 Å². The number of aryl methyl sites for hydroxylation is 1. The topological polar surface area (TPSA) is 79.5 Å². The molecule has 1 aromatic heterocycles. The Morgan fingerprint density at radius 2 is 1.71 bits per heavy atom. The first kappa shape index (κ1) is 25.5. The van der Waals surface area contributed by atoms with E-state index in [4.69, 9.17) is 16.7 Å². The molecule has 0 saturated heterocycles. The second kappa shape index (κ2) is 9.23. The molecule has 0 aliphatic heterocycles. The van der Waals surface area contributed by atoms with Crippen LogP contribution >= 0.6 is 11.6 Å². The first-order chi connectivity index (χ1) is 15.8. The molecule has 1 heterocycles. The van der Waals surface area contributed by atoms with E-state index in [0.717, 1.165) is 42.0 Å². The third-order valence-electron chi connectivity index (χ3n) is 5.82. The van der Waals surface area contributed by atoms with Crippen LogP contribution < -0.4 is 5.56 Å². The van der Waals surface area contributed by atoms with Crippen LogP contribution in [-0.4, -0.2) is 26.9 Å². The number of hydrogen-bond donors (Lipinski definition) is 2. The summed E-state index contributed by atoms with van der Waals surface area (Å²) in [6, 6.07) is 9.28. The quantitative estimate of drug-likeness (QED) is 0.436. The van der Waals surface area contributed by atoms with E-state index in [9.17, 15) is 32.3 Å². The smallest absolute Gasteiger partial charge is 0.422 e. The predicted octanol–water partition coefficient (Wildman–Crippen LogP) is 5.58. The Morgan fingerprint density at radius 1 is 1.09 bits per heavy atom. The van der Waals surface area contributed by atoms with E-state index in [2.05, 4.69) is 0 Å². The minimum absolute atomic E-state index is 0.0277. The van der Waals surface area contributed by atoms with Crippen molar-refractivity contribution in [2.75, 3.05) is 0 Å². The van der Waals surface area contributed by atoms with Crippen molar-refractivity contribution >= 4 is 17.6 Å². The normalized spacial score (nSPS) is 14.5. The van der Waals surface area contributed by atoms with Crippen LogP contribution in [0.5, 0.6) is 0 Å². The average molecular weight is 498 g/mol. The number of carboxylic acid groups (broad SMARTS) is 1. The van der Waals surface area contributed by atoms with Gasteiger partial charge in [0, 0.05) is 35.3 Å². The van der Waals surface area contributed by atoms with Crippen molar-refractivity contribution in [2.24, 2.45) is 0 Å². The van der Waals surface area contributed by atoms with Gasteiger partial charge in [0.1, 0.15) is 5.82 Å². The maximum Gasteiger partial charge on any atom is 0.422 e. The van der Waals surface area contributed by atoms with E-state index in [0.29, 0.717) is 11.1 Å². The van der Waals surface area contributed by atoms with Gasteiger partial charge in [-0.05, 0) is 47.9 Å². The molecule has 3 aromatic rings. The molecule has 0 aliphatic carbocycles. The van der Waals surface area contributed by atoms with Gasteiger partial charge in [-0.1, -0.05) is 36.7 Å². The van der Waals surface area contributed by atoms with Crippen molar-refractivity contribution in [2.45, 2.75) is 38.1 Å². The number of nitrogens with zero attached hydrogens (tertiary/aromatic N) is 1. The zero-order chi connectivity index (χ0) is 25.4. The standard InChI is InChI=1S/C24H20ClF4NO4/c1-3-30-12-16(6-9-21(30)31)23(34,24(27,28)29)13(2)17-7-4-15(11-19(17)25)14-5-8-20(26)18(10-14)22(32)33/h4-13,34H,3H2,1-2H3,(H,32,33). The van der Waals surface area contributed by atoms with Gasteiger partial charge in [-0.3, -0.25) is 4.79 Å². The average Bonchev–Trinajstić information content (AvgIpc) is 2.77. The Morgan fingerprint density at radius 3 is 2.26 bits per heavy atom. The fraction of sp³-hybridized carbons (Fsp3) is 0.250. The van der Waals surface area contributed by atoms with E-state index in [-0.39, 0.29) is 17.1 Å². The van der Waals surface area contributed by atoms with E-state index in [1.54, 1.807) is 6.92 Å². The van der Waals surface area contributed by atoms with E-state index in [1.165, 1.54) is 24.3 Å². The highest BCUT2D eigenvalue weighted by Crippen LogP contribution is 2.49. The molecule has 10 heteroatoms. The van der Waals surface area contributed by atoms with E-state index < -0.39 is 46.2 Å². The summed E-state index contributed by atoms with van der Waals surface area (Å²) in [5, 5.41) is 20.0. The van der Waals surface area contributed by atoms with Crippen LogP contribution in [0.15, 0.2) is 59.5 Å². The van der Waals surface area contributed by atoms with Crippen LogP contribution in [0.4, 0.5) is 17.6 Å². The fourth-order valence-electron chi connectivity index (χ4n) is 3.81. The third-order valence-corrected chi connectivity index (χ3v) is 6.15. The number of halogens is 5. The lowest BCUT2D eigenvalue weighted by Crippen LogP contribution is -2.47. The number of benzene rings is 2. The van der Waals surface area contributed by atoms with Gasteiger partial charge in [-0.2, -0.15) is 13.2 Å². The molecule has 0 amide bonds. The van der Waals surface area contributed by atoms with Gasteiger partial charge in [0.05, 0.1) is 5.56 Å². The molecule has 0 fully saturated rings. The molecule has 34 heavy (non-hydrogen) atoms. The molecule has 2 N–H and O–H groups in total. The highest BCUT2D eigenvalue weighted by molar-refractivity contribution is 6.31. The molecule has 2 unspecified atom stereocenters. The van der Waals surface area contributed by atoms with Crippen LogP contribution in [0, 0.1) is 5.82 Å². The van der Waals surface area contributed by atoms with Crippen LogP contribution in [0.3, 0.4) is 0 Å². The first-order valence-electron chi connectivity index (χ1n) is 10.1. The van der Waals surface area contributed by atoms with Gasteiger partial charge in [-0.15, -0.1) is 0 Å². The number of carboxylic acids is 1. The number of aromatic nitrogens is 1. The van der Waals surface area contributed by atoms with Crippen molar-refractivity contribution in [1.82, 2.24) is 4.57 Å². The highest BCUT2D eigenvalue weighted by atomic mass is 35.5. The summed E-state index contributed by atoms with van der Waals surface area (Å²) in [7, 11) is 0. The van der Waals surface area contributed by atoms with Crippen molar-refractivity contribution in [3.05, 3.63) is 92.6 Å². The fourth-order valence-corrected chi connectivity index (χ4v) is 4.16. The molecular formula is C24H20ClF4NO4. The number of alkyl halides is 3. The molecular weight excluding hydrogens is 478 g/mol. The Kier molecular flexibility index (Phi) is 6.91. The number of carbonyl (C=O) groups is 1. The number of aliphatic hydroxyl groups is 1. The van der Waals surface area contributed by atoms with Crippen molar-refractivity contribution in [3.63, 3.8) is 0 Å². The summed E-state index contributed by atoms with van der Waals surface area (Å²) in [6.07, 6.45) is -4.14. The zero-order valence-electron chi connectivity index (χ0n) is 18.0. The Bertz CT molecular complexity index is 1300. The van der Waals surface area contributed by atoms with Gasteiger partial charge < -0.3 is 14.8 Å². The Balaban J connectivity index is 2.10. The van der Waals surface area contributed by atoms with E-state index >= 15 is 0 Å². The predicted molar refractivity (Wildman–Crippen MR) is 119 cm³/mol. The maximum atomic E-state index is 14.2. The lowest BCUT2D eigenvalue weighted by atomic mass is 9.78. The third kappa shape index (κ3) is 4.45. The zero-order valence-corrected chi connectivity index (χ0v) is 18.8. The lowest BCUT2D eigenvalue weighted by molar-refractivity contribution is -0.274. The number of rotatable bonds is 6. The summed E-state index contributed by atoms with van der Waals surface area (Å²) in [6.45, 7) is 2.86. The van der Waals surface area contributed by atoms with Crippen LogP contribution in [0.1, 0.15) is 41.3 Å². The summed E-state index contributed by atoms with van der Waals surface area (Å²) < 4.78 is 57.4. The van der Waals surface area contributed by atoms with E-state index in [1.807, 2.05) is 0 Å². The largest absolute Gasteiger partial charge is 0.478 e. The minimum atomic E-state index is -5.11. The number of aromatic carboxylic acids is 1. The Hall–Kier alpha value is -3.17. The molecule has 5 nitrogen and oxygen atoms in total. The van der Waals surface area contributed by atoms with Gasteiger partial charge in [0.2, 0.25) is 0 Å². The second-order valence-electron chi connectivity index (χ2n) is 7.76. The summed E-state index contributed by atoms with van der Waals surface area (Å²) >= 11 is 6.31. The number of pyridine rings is 1. The monoisotopic (exact) mass is 497 g/mol. The molecule has 0 spiro atoms. The SMILES string of the molecule is CCn1cc(C(O)(C(C)c2ccc(-c3ccc(F)c(C(=O)O)c3)cc2Cl)C(F)(F)F)ccc1=O. The number of hydrogen-bond acceptors (Lipinski definition) is 3. The van der Waals surface area contributed by atoms with Gasteiger partial charge in [0.15, 0.2) is 5.60 Å². The molecule has 0 radical (unpaired) electrons. The van der Waals surface area contributed by atoms with Gasteiger partial charge in [-0.25, -0.2) is 9.18 Å². The highest BCUT2D eigenvalue weighted by Gasteiger charge is 2.59. The second-order valence-corrected chi connectivity index (χ2v) is 8.17. The maximum absolute atomic E-state index is 14.2. The molecule has 180 valence electrons.